The van der Waals surface area contributed by atoms with Crippen LogP contribution in [0.1, 0.15) is 39.1 Å². The molecule has 5 nitrogen and oxygen atoms in total. The van der Waals surface area contributed by atoms with Crippen LogP contribution in [0, 0.1) is 27.7 Å². The van der Waals surface area contributed by atoms with Crippen molar-refractivity contribution in [2.75, 3.05) is 0 Å². The lowest BCUT2D eigenvalue weighted by atomic mass is 10.0. The van der Waals surface area contributed by atoms with Gasteiger partial charge in [0.15, 0.2) is 5.78 Å². The van der Waals surface area contributed by atoms with E-state index in [1.165, 1.54) is 28.7 Å². The van der Waals surface area contributed by atoms with Crippen molar-refractivity contribution in [3.63, 3.8) is 0 Å². The maximum atomic E-state index is 12.6. The van der Waals surface area contributed by atoms with Gasteiger partial charge >= 0.3 is 0 Å². The van der Waals surface area contributed by atoms with Gasteiger partial charge in [0.1, 0.15) is 4.88 Å². The third-order valence-corrected chi connectivity index (χ3v) is 5.94. The molecule has 0 aliphatic heterocycles. The number of hydrogen-bond donors (Lipinski definition) is 0. The van der Waals surface area contributed by atoms with Crippen molar-refractivity contribution in [2.24, 2.45) is 0 Å². The van der Waals surface area contributed by atoms with Crippen molar-refractivity contribution in [1.82, 2.24) is 15.2 Å². The van der Waals surface area contributed by atoms with Crippen LogP contribution in [0.3, 0.4) is 0 Å². The molecule has 0 bridgehead atoms. The van der Waals surface area contributed by atoms with Crippen molar-refractivity contribution in [1.29, 1.82) is 0 Å². The number of rotatable bonds is 5. The van der Waals surface area contributed by atoms with Gasteiger partial charge in [-0.3, -0.25) is 4.79 Å². The first kappa shape index (κ1) is 17.8. The zero-order chi connectivity index (χ0) is 18.1. The fraction of sp³-hybridized carbons (Fsp3) is 0.333. The van der Waals surface area contributed by atoms with Crippen LogP contribution in [0.4, 0.5) is 0 Å². The first-order valence-electron chi connectivity index (χ1n) is 7.91. The van der Waals surface area contributed by atoms with Gasteiger partial charge in [-0.25, -0.2) is 4.98 Å². The third-order valence-electron chi connectivity index (χ3n) is 3.94. The number of thiazole rings is 1. The Morgan fingerprint density at radius 2 is 1.92 bits per heavy atom. The van der Waals surface area contributed by atoms with Crippen LogP contribution in [-0.2, 0) is 0 Å². The van der Waals surface area contributed by atoms with Crippen molar-refractivity contribution in [3.05, 3.63) is 45.6 Å². The molecule has 7 heteroatoms. The van der Waals surface area contributed by atoms with E-state index in [0.29, 0.717) is 16.7 Å². The minimum absolute atomic E-state index is 0.0534. The highest BCUT2D eigenvalue weighted by Crippen LogP contribution is 2.32. The van der Waals surface area contributed by atoms with E-state index in [1.54, 1.807) is 0 Å². The summed E-state index contributed by atoms with van der Waals surface area (Å²) in [4.78, 5) is 17.9. The van der Waals surface area contributed by atoms with Crippen LogP contribution < -0.4 is 0 Å². The lowest BCUT2D eigenvalue weighted by Gasteiger charge is -2.09. The molecule has 2 aromatic heterocycles. The molecule has 0 aliphatic carbocycles. The fourth-order valence-corrected chi connectivity index (χ4v) is 4.01. The van der Waals surface area contributed by atoms with Crippen LogP contribution in [0.25, 0.3) is 10.8 Å². The van der Waals surface area contributed by atoms with Crippen LogP contribution in [0.15, 0.2) is 27.8 Å². The van der Waals surface area contributed by atoms with E-state index in [1.807, 2.05) is 52.8 Å². The number of ketones is 1. The van der Waals surface area contributed by atoms with Gasteiger partial charge in [-0.2, -0.15) is 0 Å². The molecule has 0 saturated heterocycles. The molecule has 0 fully saturated rings. The lowest BCUT2D eigenvalue weighted by molar-refractivity contribution is 0.0993. The highest BCUT2D eigenvalue weighted by molar-refractivity contribution is 8.00. The molecule has 1 unspecified atom stereocenters. The second-order valence-corrected chi connectivity index (χ2v) is 8.44. The number of aromatic nitrogens is 3. The molecule has 2 heterocycles. The molecule has 130 valence electrons. The van der Waals surface area contributed by atoms with E-state index in [9.17, 15) is 4.79 Å². The molecule has 0 N–H and O–H groups in total. The fourth-order valence-electron chi connectivity index (χ4n) is 2.41. The molecule has 3 aromatic rings. The molecule has 25 heavy (non-hydrogen) atoms. The zero-order valence-corrected chi connectivity index (χ0v) is 16.4. The molecular formula is C18H19N3O2S2. The van der Waals surface area contributed by atoms with Gasteiger partial charge in [0.05, 0.1) is 16.0 Å². The average molecular weight is 374 g/mol. The first-order chi connectivity index (χ1) is 11.8. The number of thioether (sulfide) groups is 1. The summed E-state index contributed by atoms with van der Waals surface area (Å²) in [6.45, 7) is 9.76. The number of carbonyl (C=O) groups is 1. The number of aryl methyl sites for hydroxylation is 4. The summed E-state index contributed by atoms with van der Waals surface area (Å²) in [7, 11) is 0. The van der Waals surface area contributed by atoms with Crippen molar-refractivity contribution in [2.45, 2.75) is 45.1 Å². The highest BCUT2D eigenvalue weighted by atomic mass is 32.2. The normalized spacial score (nSPS) is 12.4. The van der Waals surface area contributed by atoms with E-state index in [0.717, 1.165) is 21.1 Å². The Kier molecular flexibility index (Phi) is 5.06. The number of benzene rings is 1. The van der Waals surface area contributed by atoms with Gasteiger partial charge in [-0.05, 0) is 51.8 Å². The number of nitrogens with zero attached hydrogens (tertiary/aromatic N) is 3. The molecule has 3 rings (SSSR count). The molecule has 0 radical (unpaired) electrons. The quantitative estimate of drug-likeness (QED) is 0.473. The van der Waals surface area contributed by atoms with E-state index in [4.69, 9.17) is 4.42 Å². The van der Waals surface area contributed by atoms with Crippen LogP contribution in [0.5, 0.6) is 0 Å². The van der Waals surface area contributed by atoms with E-state index in [-0.39, 0.29) is 11.0 Å². The largest absolute Gasteiger partial charge is 0.410 e. The van der Waals surface area contributed by atoms with Crippen LogP contribution >= 0.6 is 23.1 Å². The number of carbonyl (C=O) groups excluding carboxylic acids is 1. The van der Waals surface area contributed by atoms with Crippen LogP contribution in [-0.4, -0.2) is 26.2 Å². The highest BCUT2D eigenvalue weighted by Gasteiger charge is 2.21. The van der Waals surface area contributed by atoms with Gasteiger partial charge in [0.25, 0.3) is 11.1 Å². The summed E-state index contributed by atoms with van der Waals surface area (Å²) < 4.78 is 5.72. The molecule has 0 saturated carbocycles. The minimum atomic E-state index is -0.306. The molecule has 0 amide bonds. The van der Waals surface area contributed by atoms with Crippen molar-refractivity contribution < 1.29 is 9.21 Å². The van der Waals surface area contributed by atoms with E-state index < -0.39 is 0 Å². The maximum absolute atomic E-state index is 12.6. The summed E-state index contributed by atoms with van der Waals surface area (Å²) >= 11 is 2.80. The summed E-state index contributed by atoms with van der Waals surface area (Å²) in [6, 6.07) is 5.77. The number of Topliss-reactive ketones (excluding diaryl/α,β-unsaturated/α-hetero) is 1. The molecule has 1 atom stereocenters. The Labute approximate surface area is 154 Å². The van der Waals surface area contributed by atoms with Crippen LogP contribution in [0.2, 0.25) is 0 Å². The van der Waals surface area contributed by atoms with Gasteiger partial charge in [0, 0.05) is 5.56 Å². The lowest BCUT2D eigenvalue weighted by Crippen LogP contribution is -2.13. The monoisotopic (exact) mass is 373 g/mol. The Bertz CT molecular complexity index is 930. The Morgan fingerprint density at radius 1 is 1.16 bits per heavy atom. The third kappa shape index (κ3) is 3.82. The van der Waals surface area contributed by atoms with E-state index in [2.05, 4.69) is 15.2 Å². The summed E-state index contributed by atoms with van der Waals surface area (Å²) in [6.07, 6.45) is 0. The summed E-state index contributed by atoms with van der Waals surface area (Å²) in [5.74, 6) is 0.508. The molecule has 0 spiro atoms. The summed E-state index contributed by atoms with van der Waals surface area (Å²) in [5, 5.41) is 9.20. The van der Waals surface area contributed by atoms with Gasteiger partial charge in [0.2, 0.25) is 0 Å². The van der Waals surface area contributed by atoms with Crippen molar-refractivity contribution >= 4 is 28.9 Å². The Hall–Kier alpha value is -1.99. The van der Waals surface area contributed by atoms with Gasteiger partial charge in [-0.15, -0.1) is 21.5 Å². The molecule has 1 aromatic carbocycles. The predicted octanol–water partition coefficient (Wildman–Crippen LogP) is 4.79. The summed E-state index contributed by atoms with van der Waals surface area (Å²) in [5.41, 5.74) is 3.87. The second kappa shape index (κ2) is 7.09. The standard InChI is InChI=1S/C18H19N3O2S2/c1-9-6-7-14(8-10(9)2)15(22)12(4)24-18-21-20-17(23-18)16-11(3)19-13(5)25-16/h6-8,12H,1-5H3. The SMILES string of the molecule is Cc1nc(C)c(-c2nnc(SC(C)C(=O)c3ccc(C)c(C)c3)o2)s1. The zero-order valence-electron chi connectivity index (χ0n) is 14.8. The average Bonchev–Trinajstić information content (AvgIpc) is 3.15. The van der Waals surface area contributed by atoms with Crippen molar-refractivity contribution in [3.8, 4) is 10.8 Å². The number of hydrogen-bond acceptors (Lipinski definition) is 7. The minimum Gasteiger partial charge on any atom is -0.410 e. The topological polar surface area (TPSA) is 68.9 Å². The smallest absolute Gasteiger partial charge is 0.277 e. The molecular weight excluding hydrogens is 354 g/mol. The predicted molar refractivity (Wildman–Crippen MR) is 100 cm³/mol. The second-order valence-electron chi connectivity index (χ2n) is 5.94. The first-order valence-corrected chi connectivity index (χ1v) is 9.61. The maximum Gasteiger partial charge on any atom is 0.277 e. The van der Waals surface area contributed by atoms with E-state index >= 15 is 0 Å². The Balaban J connectivity index is 1.75. The van der Waals surface area contributed by atoms with Gasteiger partial charge < -0.3 is 4.42 Å². The van der Waals surface area contributed by atoms with Gasteiger partial charge in [-0.1, -0.05) is 23.9 Å². The molecule has 0 aliphatic rings. The Morgan fingerprint density at radius 3 is 2.56 bits per heavy atom.